The van der Waals surface area contributed by atoms with Gasteiger partial charge >= 0.3 is 0 Å². The van der Waals surface area contributed by atoms with Crippen molar-refractivity contribution < 1.29 is 4.84 Å². The normalized spacial score (nSPS) is 9.00. The average molecular weight is 163 g/mol. The molecule has 0 atom stereocenters. The second-order valence-corrected chi connectivity index (χ2v) is 2.09. The Kier molecular flexibility index (Phi) is 3.05. The first kappa shape index (κ1) is 8.50. The van der Waals surface area contributed by atoms with Gasteiger partial charge in [-0.15, -0.1) is 6.42 Å². The molecule has 0 bridgehead atoms. The van der Waals surface area contributed by atoms with Crippen LogP contribution in [-0.4, -0.2) is 16.6 Å². The van der Waals surface area contributed by atoms with E-state index in [1.54, 1.807) is 12.4 Å². The van der Waals surface area contributed by atoms with Gasteiger partial charge in [0, 0.05) is 12.4 Å². The molecule has 12 heavy (non-hydrogen) atoms. The summed E-state index contributed by atoms with van der Waals surface area (Å²) >= 11 is 0. The highest BCUT2D eigenvalue weighted by Gasteiger charge is 1.96. The average Bonchev–Trinajstić information content (AvgIpc) is 2.09. The van der Waals surface area contributed by atoms with Gasteiger partial charge < -0.3 is 0 Å². The monoisotopic (exact) mass is 163 g/mol. The largest absolute Gasteiger partial charge is 0.262 e. The predicted molar refractivity (Wildman–Crippen MR) is 45.2 cm³/mol. The summed E-state index contributed by atoms with van der Waals surface area (Å²) in [6, 6.07) is 0. The molecule has 1 heterocycles. The third-order valence-corrected chi connectivity index (χ3v) is 1.21. The van der Waals surface area contributed by atoms with Crippen LogP contribution in [0.2, 0.25) is 0 Å². The topological polar surface area (TPSA) is 47.0 Å². The molecule has 0 saturated heterocycles. The Bertz CT molecular complexity index is 293. The Hall–Kier alpha value is -1.60. The predicted octanol–water partition coefficient (Wildman–Crippen LogP) is 0.762. The van der Waals surface area contributed by atoms with Crippen molar-refractivity contribution in [3.8, 4) is 12.3 Å². The minimum absolute atomic E-state index is 0.204. The summed E-state index contributed by atoms with van der Waals surface area (Å²) in [5, 5.41) is 0. The quantitative estimate of drug-likeness (QED) is 0.406. The fourth-order valence-corrected chi connectivity index (χ4v) is 0.654. The summed E-state index contributed by atoms with van der Waals surface area (Å²) in [6.07, 6.45) is 8.17. The molecule has 0 aliphatic heterocycles. The van der Waals surface area contributed by atoms with Crippen LogP contribution in [0.5, 0.6) is 0 Å². The molecule has 0 aliphatic carbocycles. The third-order valence-electron chi connectivity index (χ3n) is 1.21. The summed E-state index contributed by atoms with van der Waals surface area (Å²) < 4.78 is 0. The lowest BCUT2D eigenvalue weighted by Gasteiger charge is -2.04. The molecule has 1 rings (SSSR count). The van der Waals surface area contributed by atoms with Gasteiger partial charge in [0.2, 0.25) is 0 Å². The Balaban J connectivity index is 2.53. The third kappa shape index (κ3) is 2.22. The molecule has 0 fully saturated rings. The fraction of sp³-hybridized carbons (Fsp3) is 0.250. The minimum atomic E-state index is 0.204. The van der Waals surface area contributed by atoms with Gasteiger partial charge in [-0.1, -0.05) is 5.92 Å². The number of hydrogen-bond acceptors (Lipinski definition) is 4. The maximum Gasteiger partial charge on any atom is 0.171 e. The van der Waals surface area contributed by atoms with Crippen molar-refractivity contribution >= 4 is 5.82 Å². The Morgan fingerprint density at radius 2 is 2.33 bits per heavy atom. The van der Waals surface area contributed by atoms with Crippen molar-refractivity contribution in [2.75, 3.05) is 12.1 Å². The number of aromatic nitrogens is 2. The van der Waals surface area contributed by atoms with Crippen LogP contribution in [0.1, 0.15) is 5.69 Å². The molecule has 0 saturated carbocycles. The minimum Gasteiger partial charge on any atom is -0.262 e. The van der Waals surface area contributed by atoms with Crippen LogP contribution in [0, 0.1) is 19.3 Å². The van der Waals surface area contributed by atoms with E-state index in [2.05, 4.69) is 21.4 Å². The number of rotatable bonds is 3. The summed E-state index contributed by atoms with van der Waals surface area (Å²) in [5.41, 5.74) is 3.37. The van der Waals surface area contributed by atoms with Gasteiger partial charge in [0.15, 0.2) is 5.82 Å². The molecule has 4 heteroatoms. The first-order valence-corrected chi connectivity index (χ1v) is 3.43. The zero-order valence-electron chi connectivity index (χ0n) is 6.74. The number of hydrogen-bond donors (Lipinski definition) is 1. The van der Waals surface area contributed by atoms with Crippen LogP contribution in [0.15, 0.2) is 12.4 Å². The van der Waals surface area contributed by atoms with E-state index in [0.29, 0.717) is 5.82 Å². The maximum absolute atomic E-state index is 4.98. The standard InChI is InChI=1S/C8H9N3O/c1-3-6-12-11-8-7(2)9-4-5-10-8/h1,4-5H,6H2,2H3,(H,10,11). The Labute approximate surface area is 70.9 Å². The lowest BCUT2D eigenvalue weighted by molar-refractivity contribution is 0.232. The first-order chi connectivity index (χ1) is 5.84. The molecule has 0 radical (unpaired) electrons. The van der Waals surface area contributed by atoms with Crippen molar-refractivity contribution in [1.29, 1.82) is 0 Å². The van der Waals surface area contributed by atoms with Crippen LogP contribution < -0.4 is 5.48 Å². The van der Waals surface area contributed by atoms with Crippen molar-refractivity contribution in [2.45, 2.75) is 6.92 Å². The number of anilines is 1. The number of aryl methyl sites for hydroxylation is 1. The number of nitrogens with one attached hydrogen (secondary N) is 1. The van der Waals surface area contributed by atoms with Crippen LogP contribution in [-0.2, 0) is 4.84 Å². The Morgan fingerprint density at radius 3 is 3.00 bits per heavy atom. The molecule has 0 unspecified atom stereocenters. The molecule has 0 aliphatic rings. The molecular formula is C8H9N3O. The van der Waals surface area contributed by atoms with Gasteiger partial charge in [0.1, 0.15) is 6.61 Å². The highest BCUT2D eigenvalue weighted by molar-refractivity contribution is 5.35. The molecule has 0 amide bonds. The number of terminal acetylenes is 1. The summed E-state index contributed by atoms with van der Waals surface area (Å²) in [4.78, 5) is 12.8. The lowest BCUT2D eigenvalue weighted by atomic mass is 10.5. The van der Waals surface area contributed by atoms with Crippen LogP contribution >= 0.6 is 0 Å². The highest BCUT2D eigenvalue weighted by Crippen LogP contribution is 2.04. The van der Waals surface area contributed by atoms with Gasteiger partial charge in [-0.3, -0.25) is 9.82 Å². The van der Waals surface area contributed by atoms with Crippen molar-refractivity contribution in [3.05, 3.63) is 18.1 Å². The Morgan fingerprint density at radius 1 is 1.58 bits per heavy atom. The molecule has 62 valence electrons. The van der Waals surface area contributed by atoms with E-state index in [1.165, 1.54) is 0 Å². The summed E-state index contributed by atoms with van der Waals surface area (Å²) in [7, 11) is 0. The second-order valence-electron chi connectivity index (χ2n) is 2.09. The van der Waals surface area contributed by atoms with Gasteiger partial charge in [-0.2, -0.15) is 0 Å². The van der Waals surface area contributed by atoms with Crippen LogP contribution in [0.3, 0.4) is 0 Å². The van der Waals surface area contributed by atoms with Crippen LogP contribution in [0.4, 0.5) is 5.82 Å². The van der Waals surface area contributed by atoms with E-state index in [9.17, 15) is 0 Å². The molecule has 0 aromatic carbocycles. The van der Waals surface area contributed by atoms with Gasteiger partial charge in [0.25, 0.3) is 0 Å². The zero-order chi connectivity index (χ0) is 8.81. The smallest absolute Gasteiger partial charge is 0.171 e. The first-order valence-electron chi connectivity index (χ1n) is 3.43. The summed E-state index contributed by atoms with van der Waals surface area (Å²) in [5.74, 6) is 2.92. The zero-order valence-corrected chi connectivity index (χ0v) is 6.74. The maximum atomic E-state index is 4.98. The van der Waals surface area contributed by atoms with E-state index in [4.69, 9.17) is 11.3 Å². The van der Waals surface area contributed by atoms with Crippen molar-refractivity contribution in [1.82, 2.24) is 9.97 Å². The van der Waals surface area contributed by atoms with E-state index in [-0.39, 0.29) is 6.61 Å². The van der Waals surface area contributed by atoms with Gasteiger partial charge in [-0.05, 0) is 6.92 Å². The highest BCUT2D eigenvalue weighted by atomic mass is 16.6. The van der Waals surface area contributed by atoms with Crippen molar-refractivity contribution in [3.63, 3.8) is 0 Å². The summed E-state index contributed by atoms with van der Waals surface area (Å²) in [6.45, 7) is 2.03. The molecule has 1 aromatic heterocycles. The fourth-order valence-electron chi connectivity index (χ4n) is 0.654. The molecule has 0 spiro atoms. The van der Waals surface area contributed by atoms with E-state index < -0.39 is 0 Å². The van der Waals surface area contributed by atoms with E-state index >= 15 is 0 Å². The molecule has 1 N–H and O–H groups in total. The molecule has 4 nitrogen and oxygen atoms in total. The van der Waals surface area contributed by atoms with Crippen molar-refractivity contribution in [2.24, 2.45) is 0 Å². The van der Waals surface area contributed by atoms with Crippen LogP contribution in [0.25, 0.3) is 0 Å². The van der Waals surface area contributed by atoms with E-state index in [1.807, 2.05) is 6.92 Å². The molecule has 1 aromatic rings. The van der Waals surface area contributed by atoms with Gasteiger partial charge in [-0.25, -0.2) is 10.5 Å². The lowest BCUT2D eigenvalue weighted by Crippen LogP contribution is -2.05. The number of nitrogens with zero attached hydrogens (tertiary/aromatic N) is 2. The molecular weight excluding hydrogens is 154 g/mol. The van der Waals surface area contributed by atoms with E-state index in [0.717, 1.165) is 5.69 Å². The van der Waals surface area contributed by atoms with Gasteiger partial charge in [0.05, 0.1) is 5.69 Å². The SMILES string of the molecule is C#CCONc1nccnc1C. The second kappa shape index (κ2) is 4.31.